The van der Waals surface area contributed by atoms with E-state index in [0.717, 1.165) is 0 Å². The number of rotatable bonds is 2. The molecule has 1 nitrogen and oxygen atoms in total. The maximum absolute atomic E-state index is 12.8. The number of benzene rings is 2. The standard InChI is InChI=1S/C13H10BrF3O/c1-18-11-7-6-10(12(14)13(15,16)17)8-4-2-3-5-9(8)11/h2-7,12H,1H3. The predicted molar refractivity (Wildman–Crippen MR) is 68.2 cm³/mol. The van der Waals surface area contributed by atoms with Crippen LogP contribution in [0.15, 0.2) is 36.4 Å². The van der Waals surface area contributed by atoms with Gasteiger partial charge in [0.1, 0.15) is 10.6 Å². The Labute approximate surface area is 111 Å². The Balaban J connectivity index is 2.67. The van der Waals surface area contributed by atoms with Crippen LogP contribution in [0.1, 0.15) is 10.4 Å². The largest absolute Gasteiger partial charge is 0.496 e. The van der Waals surface area contributed by atoms with Gasteiger partial charge in [0.2, 0.25) is 0 Å². The van der Waals surface area contributed by atoms with Crippen LogP contribution in [-0.2, 0) is 0 Å². The second-order valence-electron chi connectivity index (χ2n) is 3.81. The Morgan fingerprint density at radius 2 is 1.67 bits per heavy atom. The zero-order valence-corrected chi connectivity index (χ0v) is 11.0. The van der Waals surface area contributed by atoms with Gasteiger partial charge < -0.3 is 4.74 Å². The molecule has 0 aromatic heterocycles. The zero-order chi connectivity index (χ0) is 13.3. The van der Waals surface area contributed by atoms with Crippen molar-refractivity contribution in [3.63, 3.8) is 0 Å². The summed E-state index contributed by atoms with van der Waals surface area (Å²) in [7, 11) is 1.50. The smallest absolute Gasteiger partial charge is 0.405 e. The van der Waals surface area contributed by atoms with Crippen molar-refractivity contribution < 1.29 is 17.9 Å². The first-order valence-corrected chi connectivity index (χ1v) is 6.13. The van der Waals surface area contributed by atoms with E-state index >= 15 is 0 Å². The number of hydrogen-bond acceptors (Lipinski definition) is 1. The Hall–Kier alpha value is -1.23. The molecule has 96 valence electrons. The van der Waals surface area contributed by atoms with Crippen LogP contribution in [0.3, 0.4) is 0 Å². The number of fused-ring (bicyclic) bond motifs is 1. The maximum Gasteiger partial charge on any atom is 0.405 e. The number of hydrogen-bond donors (Lipinski definition) is 0. The van der Waals surface area contributed by atoms with Crippen LogP contribution in [0.2, 0.25) is 0 Å². The summed E-state index contributed by atoms with van der Waals surface area (Å²) in [4.78, 5) is -1.68. The lowest BCUT2D eigenvalue weighted by Crippen LogP contribution is -2.15. The number of ether oxygens (including phenoxy) is 1. The molecule has 1 atom stereocenters. The van der Waals surface area contributed by atoms with Crippen LogP contribution in [0.5, 0.6) is 5.75 Å². The molecule has 0 saturated carbocycles. The van der Waals surface area contributed by atoms with Crippen molar-refractivity contribution in [2.24, 2.45) is 0 Å². The molecule has 5 heteroatoms. The van der Waals surface area contributed by atoms with Crippen LogP contribution in [-0.4, -0.2) is 13.3 Å². The SMILES string of the molecule is COc1ccc(C(Br)C(F)(F)F)c2ccccc12. The minimum Gasteiger partial charge on any atom is -0.496 e. The molecular weight excluding hydrogens is 309 g/mol. The molecule has 2 aromatic carbocycles. The van der Waals surface area contributed by atoms with Crippen molar-refractivity contribution in [3.05, 3.63) is 42.0 Å². The van der Waals surface area contributed by atoms with Gasteiger partial charge in [0.05, 0.1) is 7.11 Å². The third kappa shape index (κ3) is 2.32. The third-order valence-electron chi connectivity index (χ3n) is 2.70. The molecule has 0 N–H and O–H groups in total. The van der Waals surface area contributed by atoms with Gasteiger partial charge in [0, 0.05) is 5.39 Å². The van der Waals surface area contributed by atoms with Gasteiger partial charge in [0.15, 0.2) is 0 Å². The lowest BCUT2D eigenvalue weighted by atomic mass is 10.0. The van der Waals surface area contributed by atoms with E-state index in [0.29, 0.717) is 16.5 Å². The van der Waals surface area contributed by atoms with Gasteiger partial charge in [-0.25, -0.2) is 0 Å². The van der Waals surface area contributed by atoms with Gasteiger partial charge in [-0.3, -0.25) is 0 Å². The first-order chi connectivity index (χ1) is 8.45. The third-order valence-corrected chi connectivity index (χ3v) is 3.71. The fourth-order valence-electron chi connectivity index (χ4n) is 1.87. The van der Waals surface area contributed by atoms with E-state index < -0.39 is 11.0 Å². The fourth-order valence-corrected chi connectivity index (χ4v) is 2.27. The highest BCUT2D eigenvalue weighted by atomic mass is 79.9. The zero-order valence-electron chi connectivity index (χ0n) is 9.46. The highest BCUT2D eigenvalue weighted by molar-refractivity contribution is 9.09. The Morgan fingerprint density at radius 1 is 1.06 bits per heavy atom. The van der Waals surface area contributed by atoms with Gasteiger partial charge in [-0.1, -0.05) is 46.3 Å². The molecule has 0 fully saturated rings. The van der Waals surface area contributed by atoms with Crippen molar-refractivity contribution in [3.8, 4) is 5.75 Å². The summed E-state index contributed by atoms with van der Waals surface area (Å²) in [6.45, 7) is 0. The number of alkyl halides is 4. The van der Waals surface area contributed by atoms with Gasteiger partial charge in [0.25, 0.3) is 0 Å². The van der Waals surface area contributed by atoms with E-state index in [1.54, 1.807) is 30.3 Å². The summed E-state index contributed by atoms with van der Waals surface area (Å²) in [5.41, 5.74) is 0.193. The minimum atomic E-state index is -4.32. The monoisotopic (exact) mass is 318 g/mol. The van der Waals surface area contributed by atoms with Crippen LogP contribution < -0.4 is 4.74 Å². The van der Waals surface area contributed by atoms with E-state index in [-0.39, 0.29) is 5.56 Å². The summed E-state index contributed by atoms with van der Waals surface area (Å²) in [5.74, 6) is 0.566. The fraction of sp³-hybridized carbons (Fsp3) is 0.231. The molecule has 0 aliphatic rings. The van der Waals surface area contributed by atoms with Gasteiger partial charge >= 0.3 is 6.18 Å². The van der Waals surface area contributed by atoms with Crippen molar-refractivity contribution >= 4 is 26.7 Å². The molecule has 0 aliphatic carbocycles. The van der Waals surface area contributed by atoms with Crippen LogP contribution in [0, 0.1) is 0 Å². The second kappa shape index (κ2) is 4.80. The normalized spacial score (nSPS) is 13.6. The maximum atomic E-state index is 12.8. The van der Waals surface area contributed by atoms with Crippen LogP contribution in [0.4, 0.5) is 13.2 Å². The molecule has 0 radical (unpaired) electrons. The lowest BCUT2D eigenvalue weighted by Gasteiger charge is -2.17. The lowest BCUT2D eigenvalue weighted by molar-refractivity contribution is -0.128. The van der Waals surface area contributed by atoms with Crippen molar-refractivity contribution in [1.82, 2.24) is 0 Å². The number of halogens is 4. The average molecular weight is 319 g/mol. The molecule has 0 amide bonds. The molecule has 0 aliphatic heterocycles. The summed E-state index contributed by atoms with van der Waals surface area (Å²) >= 11 is 2.71. The second-order valence-corrected chi connectivity index (χ2v) is 4.72. The Bertz CT molecular complexity index is 566. The van der Waals surface area contributed by atoms with Crippen molar-refractivity contribution in [2.75, 3.05) is 7.11 Å². The van der Waals surface area contributed by atoms with E-state index in [1.165, 1.54) is 13.2 Å². The molecule has 2 aromatic rings. The van der Waals surface area contributed by atoms with E-state index in [9.17, 15) is 13.2 Å². The molecule has 0 heterocycles. The molecule has 2 rings (SSSR count). The van der Waals surface area contributed by atoms with Gasteiger partial charge in [-0.05, 0) is 17.0 Å². The van der Waals surface area contributed by atoms with Gasteiger partial charge in [-0.15, -0.1) is 0 Å². The number of methoxy groups -OCH3 is 1. The highest BCUT2D eigenvalue weighted by Crippen LogP contribution is 2.43. The Kier molecular flexibility index (Phi) is 3.52. The molecule has 0 saturated heterocycles. The van der Waals surface area contributed by atoms with Crippen molar-refractivity contribution in [1.29, 1.82) is 0 Å². The highest BCUT2D eigenvalue weighted by Gasteiger charge is 2.39. The molecular formula is C13H10BrF3O. The van der Waals surface area contributed by atoms with E-state index in [4.69, 9.17) is 4.74 Å². The first kappa shape index (κ1) is 13.2. The Morgan fingerprint density at radius 3 is 2.22 bits per heavy atom. The summed E-state index contributed by atoms with van der Waals surface area (Å²) < 4.78 is 43.5. The summed E-state index contributed by atoms with van der Waals surface area (Å²) in [6, 6.07) is 9.87. The van der Waals surface area contributed by atoms with E-state index in [1.807, 2.05) is 0 Å². The quantitative estimate of drug-likeness (QED) is 0.719. The molecule has 0 bridgehead atoms. The molecule has 1 unspecified atom stereocenters. The molecule has 0 spiro atoms. The first-order valence-electron chi connectivity index (χ1n) is 5.21. The van der Waals surface area contributed by atoms with Crippen LogP contribution in [0.25, 0.3) is 10.8 Å². The average Bonchev–Trinajstić information content (AvgIpc) is 2.35. The van der Waals surface area contributed by atoms with Crippen LogP contribution >= 0.6 is 15.9 Å². The van der Waals surface area contributed by atoms with Gasteiger partial charge in [-0.2, -0.15) is 13.2 Å². The minimum absolute atomic E-state index is 0.193. The van der Waals surface area contributed by atoms with E-state index in [2.05, 4.69) is 15.9 Å². The summed E-state index contributed by atoms with van der Waals surface area (Å²) in [6.07, 6.45) is -4.32. The summed E-state index contributed by atoms with van der Waals surface area (Å²) in [5, 5.41) is 1.21. The molecule has 18 heavy (non-hydrogen) atoms. The predicted octanol–water partition coefficient (Wildman–Crippen LogP) is 4.85. The van der Waals surface area contributed by atoms with Crippen molar-refractivity contribution in [2.45, 2.75) is 11.0 Å². The topological polar surface area (TPSA) is 9.23 Å².